The Hall–Kier alpha value is -5.48. The molecule has 1 aliphatic heterocycles. The Morgan fingerprint density at radius 1 is 0.823 bits per heavy atom. The molecule has 1 heterocycles. The average Bonchev–Trinajstić information content (AvgIpc) is 3.24. The number of Topliss-reactive ketones (excluding diaryl/α,β-unsaturated/α-hetero) is 1. The van der Waals surface area contributed by atoms with E-state index in [2.05, 4.69) is 5.32 Å². The summed E-state index contributed by atoms with van der Waals surface area (Å²) in [6, 6.07) is 23.1. The molecule has 3 aliphatic carbocycles. The Morgan fingerprint density at radius 2 is 1.40 bits per heavy atom. The number of nitrogens with one attached hydrogen (secondary N) is 1. The number of rotatable bonds is 10. The molecule has 4 fully saturated rings. The molecule has 1 saturated heterocycles. The minimum absolute atomic E-state index is 0.0809. The van der Waals surface area contributed by atoms with Gasteiger partial charge in [-0.25, -0.2) is 9.59 Å². The van der Waals surface area contributed by atoms with Crippen molar-refractivity contribution in [3.63, 3.8) is 0 Å². The highest BCUT2D eigenvalue weighted by molar-refractivity contribution is 5.95. The molecule has 0 aromatic heterocycles. The van der Waals surface area contributed by atoms with Crippen molar-refractivity contribution in [3.05, 3.63) is 108 Å². The van der Waals surface area contributed by atoms with Gasteiger partial charge in [0.25, 0.3) is 5.91 Å². The molecular formula is C47H53NO14. The molecule has 3 aromatic carbocycles. The van der Waals surface area contributed by atoms with Crippen molar-refractivity contribution in [1.29, 1.82) is 0 Å². The van der Waals surface area contributed by atoms with Crippen LogP contribution in [0.4, 0.5) is 0 Å². The summed E-state index contributed by atoms with van der Waals surface area (Å²) in [5, 5.41) is 40.3. The zero-order valence-corrected chi connectivity index (χ0v) is 35.4. The zero-order valence-electron chi connectivity index (χ0n) is 35.4. The van der Waals surface area contributed by atoms with Crippen LogP contribution in [0.3, 0.4) is 0 Å². The van der Waals surface area contributed by atoms with Gasteiger partial charge >= 0.3 is 23.9 Å². The Bertz CT molecular complexity index is 2200. The lowest BCUT2D eigenvalue weighted by molar-refractivity contribution is -0.355. The number of ketones is 1. The molecule has 4 N–H and O–H groups in total. The molecule has 4 unspecified atom stereocenters. The fourth-order valence-corrected chi connectivity index (χ4v) is 10.8. The van der Waals surface area contributed by atoms with Crippen LogP contribution in [0, 0.1) is 28.6 Å². The van der Waals surface area contributed by atoms with Gasteiger partial charge in [0.15, 0.2) is 23.6 Å². The largest absolute Gasteiger partial charge is 0.460 e. The van der Waals surface area contributed by atoms with Gasteiger partial charge in [-0.05, 0) is 36.8 Å². The predicted octanol–water partition coefficient (Wildman–Crippen LogP) is 3.67. The molecule has 0 radical (unpaired) electrons. The van der Waals surface area contributed by atoms with Crippen LogP contribution < -0.4 is 5.32 Å². The molecular weight excluding hydrogens is 803 g/mol. The number of hydrogen-bond acceptors (Lipinski definition) is 14. The number of aliphatic hydroxyl groups is 3. The Kier molecular flexibility index (Phi) is 12.0. The van der Waals surface area contributed by atoms with E-state index >= 15 is 4.79 Å². The number of hydrogen-bond donors (Lipinski definition) is 4. The SMILES string of the molecule is CC(=O)O[C@H]1C(=O)[C@@]2(C)C([C@H](OC(=O)c3ccccc3)[C@]3(O)C[C@H](OC(=O)[C@H](O)C(NC(=O)c4ccccc4)c4ccccc4)C(C)C1C3(C)C)[C@]1(OC(C)=O)CO[C@@H]1C[C@@H]2O. The monoisotopic (exact) mass is 855 g/mol. The van der Waals surface area contributed by atoms with Gasteiger partial charge < -0.3 is 44.3 Å². The lowest BCUT2D eigenvalue weighted by atomic mass is 9.42. The predicted molar refractivity (Wildman–Crippen MR) is 218 cm³/mol. The molecule has 4 aliphatic rings. The van der Waals surface area contributed by atoms with E-state index in [1.165, 1.54) is 19.1 Å². The van der Waals surface area contributed by atoms with E-state index in [1.807, 2.05) is 0 Å². The second-order valence-corrected chi connectivity index (χ2v) is 17.8. The molecule has 7 rings (SSSR count). The number of fused-ring (bicyclic) bond motifs is 5. The zero-order chi connectivity index (χ0) is 44.9. The Balaban J connectivity index is 1.36. The molecule has 330 valence electrons. The van der Waals surface area contributed by atoms with Crippen LogP contribution in [-0.2, 0) is 42.9 Å². The summed E-state index contributed by atoms with van der Waals surface area (Å²) in [6.45, 7) is 8.28. The highest BCUT2D eigenvalue weighted by Gasteiger charge is 2.79. The lowest BCUT2D eigenvalue weighted by Gasteiger charge is -2.69. The molecule has 13 atom stereocenters. The smallest absolute Gasteiger partial charge is 0.338 e. The second kappa shape index (κ2) is 16.7. The van der Waals surface area contributed by atoms with Gasteiger partial charge in [-0.2, -0.15) is 0 Å². The maximum Gasteiger partial charge on any atom is 0.338 e. The first-order valence-corrected chi connectivity index (χ1v) is 20.8. The highest BCUT2D eigenvalue weighted by Crippen LogP contribution is 2.65. The van der Waals surface area contributed by atoms with E-state index in [4.69, 9.17) is 23.7 Å². The minimum atomic E-state index is -2.33. The first kappa shape index (κ1) is 44.6. The Morgan fingerprint density at radius 3 is 1.95 bits per heavy atom. The third-order valence-electron chi connectivity index (χ3n) is 14.0. The molecule has 0 spiro atoms. The van der Waals surface area contributed by atoms with Crippen molar-refractivity contribution in [2.24, 2.45) is 28.6 Å². The van der Waals surface area contributed by atoms with E-state index in [-0.39, 0.29) is 24.2 Å². The number of ether oxygens (including phenoxy) is 5. The maximum atomic E-state index is 15.5. The topological polar surface area (TPSA) is 221 Å². The molecule has 2 bridgehead atoms. The van der Waals surface area contributed by atoms with Crippen molar-refractivity contribution in [2.75, 3.05) is 6.61 Å². The Labute approximate surface area is 359 Å². The molecule has 1 amide bonds. The molecule has 3 aromatic rings. The summed E-state index contributed by atoms with van der Waals surface area (Å²) in [4.78, 5) is 83.6. The van der Waals surface area contributed by atoms with Crippen molar-refractivity contribution < 1.29 is 67.8 Å². The summed E-state index contributed by atoms with van der Waals surface area (Å²) in [5.41, 5.74) is -6.93. The first-order valence-electron chi connectivity index (χ1n) is 20.8. The maximum absolute atomic E-state index is 15.5. The number of amides is 1. The van der Waals surface area contributed by atoms with Crippen LogP contribution in [0.2, 0.25) is 0 Å². The summed E-state index contributed by atoms with van der Waals surface area (Å²) >= 11 is 0. The van der Waals surface area contributed by atoms with Crippen LogP contribution in [0.5, 0.6) is 0 Å². The van der Waals surface area contributed by atoms with E-state index in [1.54, 1.807) is 99.6 Å². The van der Waals surface area contributed by atoms with Crippen molar-refractivity contribution in [1.82, 2.24) is 5.32 Å². The van der Waals surface area contributed by atoms with Gasteiger partial charge in [0.2, 0.25) is 0 Å². The quantitative estimate of drug-likeness (QED) is 0.169. The van der Waals surface area contributed by atoms with E-state index in [0.29, 0.717) is 5.56 Å². The van der Waals surface area contributed by atoms with Gasteiger partial charge in [-0.3, -0.25) is 19.2 Å². The van der Waals surface area contributed by atoms with Crippen molar-refractivity contribution >= 4 is 35.6 Å². The number of esters is 4. The van der Waals surface area contributed by atoms with Crippen LogP contribution in [0.15, 0.2) is 91.0 Å². The normalized spacial score (nSPS) is 34.2. The average molecular weight is 856 g/mol. The summed E-state index contributed by atoms with van der Waals surface area (Å²) in [6.07, 6.45) is -10.1. The van der Waals surface area contributed by atoms with Crippen LogP contribution in [0.25, 0.3) is 0 Å². The summed E-state index contributed by atoms with van der Waals surface area (Å²) < 4.78 is 30.4. The van der Waals surface area contributed by atoms with E-state index < -0.39 is 124 Å². The third kappa shape index (κ3) is 7.37. The molecule has 62 heavy (non-hydrogen) atoms. The fraction of sp³-hybridized carbons (Fsp3) is 0.489. The number of aliphatic hydroxyl groups excluding tert-OH is 2. The lowest BCUT2D eigenvalue weighted by Crippen LogP contribution is -2.83. The van der Waals surface area contributed by atoms with Gasteiger partial charge in [0.05, 0.1) is 35.6 Å². The van der Waals surface area contributed by atoms with Crippen LogP contribution >= 0.6 is 0 Å². The highest BCUT2D eigenvalue weighted by atomic mass is 16.6. The van der Waals surface area contributed by atoms with E-state index in [0.717, 1.165) is 13.8 Å². The van der Waals surface area contributed by atoms with Crippen molar-refractivity contribution in [3.8, 4) is 0 Å². The fourth-order valence-electron chi connectivity index (χ4n) is 10.8. The van der Waals surface area contributed by atoms with Gasteiger partial charge in [0, 0.05) is 49.5 Å². The first-order chi connectivity index (χ1) is 29.3. The number of benzene rings is 3. The van der Waals surface area contributed by atoms with Gasteiger partial charge in [-0.1, -0.05) is 87.5 Å². The molecule has 3 saturated carbocycles. The summed E-state index contributed by atoms with van der Waals surface area (Å²) in [5.74, 6) is -8.77. The summed E-state index contributed by atoms with van der Waals surface area (Å²) in [7, 11) is 0. The molecule has 15 heteroatoms. The standard InChI is InChI=1S/C47H53NO14/c1-25-31(60-43(56)36(52)35(28-16-10-7-11-17-28)48-41(54)29-18-12-8-13-19-29)23-47(57)40(61-42(55)30-20-14-9-15-21-30)38-45(6,32(51)22-33-46(38,24-58-33)62-27(3)50)39(53)37(59-26(2)49)34(25)44(47,4)5/h7-21,25,31-38,40,51-52,57H,22-24H2,1-6H3,(H,48,54)/t25?,31-,32-,33+,34?,35?,36+,37+,38?,40-,45+,46-,47+/m0/s1. The third-order valence-corrected chi connectivity index (χ3v) is 14.0. The van der Waals surface area contributed by atoms with Crippen LogP contribution in [-0.4, -0.2) is 105 Å². The number of carbonyl (C=O) groups is 6. The van der Waals surface area contributed by atoms with Crippen molar-refractivity contribution in [2.45, 2.75) is 108 Å². The van der Waals surface area contributed by atoms with Crippen LogP contribution in [0.1, 0.15) is 86.7 Å². The van der Waals surface area contributed by atoms with Gasteiger partial charge in [0.1, 0.15) is 23.9 Å². The second-order valence-electron chi connectivity index (χ2n) is 17.8. The van der Waals surface area contributed by atoms with Gasteiger partial charge in [-0.15, -0.1) is 0 Å². The van der Waals surface area contributed by atoms with E-state index in [9.17, 15) is 39.3 Å². The molecule has 15 nitrogen and oxygen atoms in total. The number of carbonyl (C=O) groups excluding carboxylic acids is 6. The minimum Gasteiger partial charge on any atom is -0.460 e.